The van der Waals surface area contributed by atoms with Gasteiger partial charge in [0.2, 0.25) is 11.6 Å². The van der Waals surface area contributed by atoms with Crippen LogP contribution in [0.4, 0.5) is 22.7 Å². The fraction of sp³-hybridized carbons (Fsp3) is 0.143. The van der Waals surface area contributed by atoms with Gasteiger partial charge in [-0.2, -0.15) is 4.39 Å². The third-order valence-electron chi connectivity index (χ3n) is 3.15. The number of anilines is 1. The summed E-state index contributed by atoms with van der Waals surface area (Å²) in [6.45, 7) is 3.02. The molecule has 0 fully saturated rings. The zero-order chi connectivity index (χ0) is 16.9. The Bertz CT molecular complexity index is 948. The fourth-order valence-corrected chi connectivity index (χ4v) is 2.82. The van der Waals surface area contributed by atoms with Crippen LogP contribution in [0, 0.1) is 37.1 Å². The predicted molar refractivity (Wildman–Crippen MR) is 75.6 cm³/mol. The van der Waals surface area contributed by atoms with Gasteiger partial charge in [-0.15, -0.1) is 11.3 Å². The van der Waals surface area contributed by atoms with Crippen LogP contribution in [0.1, 0.15) is 21.0 Å². The van der Waals surface area contributed by atoms with E-state index in [9.17, 15) is 22.4 Å². The van der Waals surface area contributed by atoms with Crippen LogP contribution in [0.15, 0.2) is 10.6 Å². The molecule has 0 radical (unpaired) electrons. The third-order valence-corrected chi connectivity index (χ3v) is 3.98. The molecule has 0 spiro atoms. The maximum Gasteiger partial charge on any atom is 0.261 e. The standard InChI is InChI=1S/C14H8F4N2O2S/c1-4-3-19-14(23-4)20-13(21)6-5(2)22-12-7(6)8(15)9(16)10(17)11(12)18/h3H,1-2H3,(H,19,20,21). The molecule has 0 aliphatic heterocycles. The number of thiazole rings is 1. The minimum Gasteiger partial charge on any atom is -0.457 e. The average molecular weight is 344 g/mol. The first-order valence-corrected chi connectivity index (χ1v) is 7.11. The fourth-order valence-electron chi connectivity index (χ4n) is 2.16. The quantitative estimate of drug-likeness (QED) is 0.428. The highest BCUT2D eigenvalue weighted by atomic mass is 32.1. The number of aromatic nitrogens is 1. The topological polar surface area (TPSA) is 55.1 Å². The summed E-state index contributed by atoms with van der Waals surface area (Å²) in [5.74, 6) is -8.41. The van der Waals surface area contributed by atoms with E-state index < -0.39 is 45.7 Å². The second-order valence-electron chi connectivity index (χ2n) is 4.72. The summed E-state index contributed by atoms with van der Waals surface area (Å²) < 4.78 is 59.3. The highest BCUT2D eigenvalue weighted by molar-refractivity contribution is 7.15. The van der Waals surface area contributed by atoms with Crippen LogP contribution in [-0.2, 0) is 0 Å². The Hall–Kier alpha value is -2.42. The molecule has 1 amide bonds. The van der Waals surface area contributed by atoms with Gasteiger partial charge in [-0.25, -0.2) is 18.2 Å². The van der Waals surface area contributed by atoms with Crippen molar-refractivity contribution in [2.45, 2.75) is 13.8 Å². The molecule has 1 aromatic carbocycles. The molecular weight excluding hydrogens is 336 g/mol. The lowest BCUT2D eigenvalue weighted by Gasteiger charge is -2.03. The first-order valence-electron chi connectivity index (χ1n) is 6.30. The lowest BCUT2D eigenvalue weighted by atomic mass is 10.1. The highest BCUT2D eigenvalue weighted by Gasteiger charge is 2.30. The minimum absolute atomic E-state index is 0.173. The number of furan rings is 1. The number of hydrogen-bond donors (Lipinski definition) is 1. The van der Waals surface area contributed by atoms with Crippen LogP contribution in [-0.4, -0.2) is 10.9 Å². The first-order chi connectivity index (χ1) is 10.8. The second kappa shape index (κ2) is 5.34. The molecule has 3 aromatic rings. The highest BCUT2D eigenvalue weighted by Crippen LogP contribution is 2.34. The van der Waals surface area contributed by atoms with Crippen molar-refractivity contribution in [3.63, 3.8) is 0 Å². The second-order valence-corrected chi connectivity index (χ2v) is 5.96. The molecule has 0 bridgehead atoms. The Labute approximate surface area is 130 Å². The maximum absolute atomic E-state index is 14.0. The minimum atomic E-state index is -2.00. The van der Waals surface area contributed by atoms with Crippen LogP contribution in [0.3, 0.4) is 0 Å². The Morgan fingerprint density at radius 2 is 1.78 bits per heavy atom. The van der Waals surface area contributed by atoms with Gasteiger partial charge in [0, 0.05) is 11.1 Å². The van der Waals surface area contributed by atoms with Gasteiger partial charge < -0.3 is 4.42 Å². The van der Waals surface area contributed by atoms with E-state index in [1.807, 2.05) is 0 Å². The Balaban J connectivity index is 2.17. The number of nitrogens with one attached hydrogen (secondary N) is 1. The molecule has 0 aliphatic carbocycles. The molecule has 2 heterocycles. The van der Waals surface area contributed by atoms with Crippen LogP contribution in [0.2, 0.25) is 0 Å². The number of fused-ring (bicyclic) bond motifs is 1. The summed E-state index contributed by atoms with van der Waals surface area (Å²) in [6.07, 6.45) is 1.51. The molecule has 9 heteroatoms. The third kappa shape index (κ3) is 2.37. The van der Waals surface area contributed by atoms with Crippen LogP contribution in [0.25, 0.3) is 11.0 Å². The normalized spacial score (nSPS) is 11.2. The number of rotatable bonds is 2. The van der Waals surface area contributed by atoms with Gasteiger partial charge in [0.05, 0.1) is 10.9 Å². The van der Waals surface area contributed by atoms with Crippen LogP contribution < -0.4 is 5.32 Å². The number of hydrogen-bond acceptors (Lipinski definition) is 4. The van der Waals surface area contributed by atoms with E-state index in [0.717, 1.165) is 16.2 Å². The monoisotopic (exact) mass is 344 g/mol. The summed E-state index contributed by atoms with van der Waals surface area (Å²) in [6, 6.07) is 0. The Morgan fingerprint density at radius 1 is 1.13 bits per heavy atom. The molecule has 4 nitrogen and oxygen atoms in total. The zero-order valence-electron chi connectivity index (χ0n) is 11.8. The number of nitrogens with zero attached hydrogens (tertiary/aromatic N) is 1. The maximum atomic E-state index is 14.0. The van der Waals surface area contributed by atoms with Crippen molar-refractivity contribution in [2.75, 3.05) is 5.32 Å². The Morgan fingerprint density at radius 3 is 2.39 bits per heavy atom. The van der Waals surface area contributed by atoms with Gasteiger partial charge in [-0.3, -0.25) is 10.1 Å². The SMILES string of the molecule is Cc1cnc(NC(=O)c2c(C)oc3c(F)c(F)c(F)c(F)c23)s1. The van der Waals surface area contributed by atoms with E-state index in [2.05, 4.69) is 10.3 Å². The zero-order valence-corrected chi connectivity index (χ0v) is 12.6. The van der Waals surface area contributed by atoms with E-state index in [1.165, 1.54) is 13.1 Å². The van der Waals surface area contributed by atoms with Gasteiger partial charge in [0.15, 0.2) is 22.3 Å². The summed E-state index contributed by atoms with van der Waals surface area (Å²) in [5, 5.41) is 1.86. The predicted octanol–water partition coefficient (Wildman–Crippen LogP) is 4.31. The molecule has 0 atom stereocenters. The van der Waals surface area contributed by atoms with Gasteiger partial charge in [-0.1, -0.05) is 0 Å². The number of benzene rings is 1. The molecular formula is C14H8F4N2O2S. The summed E-state index contributed by atoms with van der Waals surface area (Å²) in [5.41, 5.74) is -1.26. The van der Waals surface area contributed by atoms with Crippen molar-refractivity contribution < 1.29 is 26.8 Å². The summed E-state index contributed by atoms with van der Waals surface area (Å²) >= 11 is 1.16. The molecule has 0 unspecified atom stereocenters. The molecule has 120 valence electrons. The molecule has 0 saturated carbocycles. The molecule has 23 heavy (non-hydrogen) atoms. The van der Waals surface area contributed by atoms with Crippen molar-refractivity contribution in [2.24, 2.45) is 0 Å². The molecule has 3 rings (SSSR count). The molecule has 0 aliphatic rings. The first kappa shape index (κ1) is 15.5. The van der Waals surface area contributed by atoms with E-state index in [-0.39, 0.29) is 10.9 Å². The average Bonchev–Trinajstić information content (AvgIpc) is 3.06. The summed E-state index contributed by atoms with van der Waals surface area (Å²) in [4.78, 5) is 17.0. The number of amides is 1. The van der Waals surface area contributed by atoms with Gasteiger partial charge in [0.1, 0.15) is 5.76 Å². The van der Waals surface area contributed by atoms with E-state index >= 15 is 0 Å². The largest absolute Gasteiger partial charge is 0.457 e. The van der Waals surface area contributed by atoms with E-state index in [4.69, 9.17) is 4.42 Å². The van der Waals surface area contributed by atoms with Crippen molar-refractivity contribution in [3.05, 3.63) is 45.7 Å². The number of carbonyl (C=O) groups is 1. The van der Waals surface area contributed by atoms with Crippen molar-refractivity contribution in [3.8, 4) is 0 Å². The smallest absolute Gasteiger partial charge is 0.261 e. The number of aryl methyl sites for hydroxylation is 2. The van der Waals surface area contributed by atoms with Crippen molar-refractivity contribution >= 4 is 33.3 Å². The van der Waals surface area contributed by atoms with E-state index in [1.54, 1.807) is 6.92 Å². The number of halogens is 4. The van der Waals surface area contributed by atoms with Crippen LogP contribution in [0.5, 0.6) is 0 Å². The van der Waals surface area contributed by atoms with Crippen molar-refractivity contribution in [1.82, 2.24) is 4.98 Å². The lowest BCUT2D eigenvalue weighted by Crippen LogP contribution is -2.13. The number of carbonyl (C=O) groups excluding carboxylic acids is 1. The molecule has 2 aromatic heterocycles. The molecule has 1 N–H and O–H groups in total. The Kier molecular flexibility index (Phi) is 3.59. The van der Waals surface area contributed by atoms with Crippen molar-refractivity contribution in [1.29, 1.82) is 0 Å². The van der Waals surface area contributed by atoms with Gasteiger partial charge in [0.25, 0.3) is 5.91 Å². The van der Waals surface area contributed by atoms with Crippen LogP contribution >= 0.6 is 11.3 Å². The molecule has 0 saturated heterocycles. The van der Waals surface area contributed by atoms with Gasteiger partial charge >= 0.3 is 0 Å². The van der Waals surface area contributed by atoms with E-state index in [0.29, 0.717) is 0 Å². The van der Waals surface area contributed by atoms with Gasteiger partial charge in [-0.05, 0) is 13.8 Å². The summed E-state index contributed by atoms with van der Waals surface area (Å²) in [7, 11) is 0. The lowest BCUT2D eigenvalue weighted by molar-refractivity contribution is 0.102.